The van der Waals surface area contributed by atoms with E-state index in [4.69, 9.17) is 0 Å². The van der Waals surface area contributed by atoms with Crippen molar-refractivity contribution >= 4 is 11.8 Å². The number of carbonyl (C=O) groups excluding carboxylic acids is 2. The molecule has 5 rings (SSSR count). The van der Waals surface area contributed by atoms with E-state index < -0.39 is 0 Å². The van der Waals surface area contributed by atoms with E-state index in [0.29, 0.717) is 0 Å². The average Bonchev–Trinajstić information content (AvgIpc) is 3.03. The Balaban J connectivity index is 1.37. The number of hydrogen-bond acceptors (Lipinski definition) is 2. The summed E-state index contributed by atoms with van der Waals surface area (Å²) in [5.41, 5.74) is 6.59. The molecule has 4 bridgehead atoms. The summed E-state index contributed by atoms with van der Waals surface area (Å²) in [7, 11) is 0. The molecule has 4 nitrogen and oxygen atoms in total. The molecule has 0 radical (unpaired) electrons. The summed E-state index contributed by atoms with van der Waals surface area (Å²) in [6.07, 6.45) is 9.21. The number of amides is 2. The molecule has 2 amide bonds. The predicted molar refractivity (Wildman–Crippen MR) is 97.1 cm³/mol. The second-order valence-corrected chi connectivity index (χ2v) is 10.2. The summed E-state index contributed by atoms with van der Waals surface area (Å²) in [4.78, 5) is 25.5. The summed E-state index contributed by atoms with van der Waals surface area (Å²) in [5, 5.41) is 0. The average molecular weight is 344 g/mol. The van der Waals surface area contributed by atoms with E-state index in [2.05, 4.69) is 44.6 Å². The molecule has 0 aromatic rings. The molecule has 0 aliphatic heterocycles. The number of rotatable bonds is 3. The highest BCUT2D eigenvalue weighted by molar-refractivity contribution is 5.88. The third-order valence-corrected chi connectivity index (χ3v) is 7.53. The van der Waals surface area contributed by atoms with Crippen molar-refractivity contribution in [1.29, 1.82) is 0 Å². The largest absolute Gasteiger partial charge is 0.273 e. The summed E-state index contributed by atoms with van der Waals surface area (Å²) in [5.74, 6) is 2.46. The molecule has 25 heavy (non-hydrogen) atoms. The van der Waals surface area contributed by atoms with Crippen LogP contribution in [-0.4, -0.2) is 11.8 Å². The maximum Gasteiger partial charge on any atom is 0.244 e. The quantitative estimate of drug-likeness (QED) is 0.607. The summed E-state index contributed by atoms with van der Waals surface area (Å²) >= 11 is 0. The monoisotopic (exact) mass is 344 g/mol. The minimum Gasteiger partial charge on any atom is -0.273 e. The topological polar surface area (TPSA) is 58.2 Å². The third-order valence-electron chi connectivity index (χ3n) is 7.53. The highest BCUT2D eigenvalue weighted by Crippen LogP contribution is 2.60. The molecule has 0 spiro atoms. The minimum atomic E-state index is -0.208. The van der Waals surface area contributed by atoms with Crippen molar-refractivity contribution in [2.75, 3.05) is 0 Å². The Morgan fingerprint density at radius 2 is 1.44 bits per heavy atom. The van der Waals surface area contributed by atoms with Gasteiger partial charge in [-0.25, -0.2) is 0 Å². The Labute approximate surface area is 151 Å². The van der Waals surface area contributed by atoms with Crippen molar-refractivity contribution in [2.24, 2.45) is 40.4 Å². The first kappa shape index (κ1) is 17.1. The lowest BCUT2D eigenvalue weighted by molar-refractivity contribution is -0.149. The van der Waals surface area contributed by atoms with Crippen molar-refractivity contribution < 1.29 is 9.59 Å². The number of carbonyl (C=O) groups is 2. The van der Waals surface area contributed by atoms with Gasteiger partial charge in [0.15, 0.2) is 0 Å². The van der Waals surface area contributed by atoms with Gasteiger partial charge in [0.2, 0.25) is 11.8 Å². The fraction of sp³-hybridized carbons (Fsp3) is 0.810. The van der Waals surface area contributed by atoms with Crippen LogP contribution in [0.4, 0.5) is 0 Å². The Bertz CT molecular complexity index is 595. The van der Waals surface area contributed by atoms with E-state index in [-0.39, 0.29) is 34.5 Å². The molecule has 4 heteroatoms. The molecule has 0 heterocycles. The molecule has 2 N–H and O–H groups in total. The normalized spacial score (nSPS) is 42.6. The van der Waals surface area contributed by atoms with E-state index in [0.717, 1.165) is 37.0 Å². The highest BCUT2D eigenvalue weighted by Gasteiger charge is 2.60. The lowest BCUT2D eigenvalue weighted by Crippen LogP contribution is -2.57. The van der Waals surface area contributed by atoms with E-state index in [1.54, 1.807) is 0 Å². The fourth-order valence-corrected chi connectivity index (χ4v) is 6.57. The molecule has 5 aliphatic rings. The van der Waals surface area contributed by atoms with Gasteiger partial charge >= 0.3 is 0 Å². The van der Waals surface area contributed by atoms with E-state index in [1.165, 1.54) is 24.8 Å². The predicted octanol–water partition coefficient (Wildman–Crippen LogP) is 3.59. The molecule has 5 aliphatic carbocycles. The highest BCUT2D eigenvalue weighted by atomic mass is 16.2. The van der Waals surface area contributed by atoms with Crippen LogP contribution in [0.3, 0.4) is 0 Å². The van der Waals surface area contributed by atoms with Gasteiger partial charge in [-0.3, -0.25) is 20.4 Å². The lowest BCUT2D eigenvalue weighted by atomic mass is 9.49. The third kappa shape index (κ3) is 2.82. The van der Waals surface area contributed by atoms with Crippen LogP contribution in [0.5, 0.6) is 0 Å². The molecule has 5 fully saturated rings. The molecule has 5 saturated carbocycles. The maximum atomic E-state index is 12.9. The van der Waals surface area contributed by atoms with E-state index in [9.17, 15) is 9.59 Å². The van der Waals surface area contributed by atoms with E-state index >= 15 is 0 Å². The van der Waals surface area contributed by atoms with Crippen molar-refractivity contribution in [1.82, 2.24) is 10.9 Å². The Kier molecular flexibility index (Phi) is 3.82. The Hall–Kier alpha value is -1.32. The van der Waals surface area contributed by atoms with Gasteiger partial charge in [-0.1, -0.05) is 25.5 Å². The molecule has 2 atom stereocenters. The van der Waals surface area contributed by atoms with Crippen LogP contribution in [0, 0.1) is 40.4 Å². The second-order valence-electron chi connectivity index (χ2n) is 10.2. The Morgan fingerprint density at radius 1 is 0.920 bits per heavy atom. The molecule has 0 aromatic heterocycles. The number of allylic oxidation sites excluding steroid dienone is 2. The van der Waals surface area contributed by atoms with Crippen LogP contribution >= 0.6 is 0 Å². The first-order valence-corrected chi connectivity index (χ1v) is 9.96. The molecule has 0 saturated heterocycles. The summed E-state index contributed by atoms with van der Waals surface area (Å²) in [6, 6.07) is 0. The van der Waals surface area contributed by atoms with Crippen molar-refractivity contribution in [3.05, 3.63) is 11.6 Å². The molecular formula is C21H32N2O2. The van der Waals surface area contributed by atoms with Gasteiger partial charge in [-0.05, 0) is 81.5 Å². The second kappa shape index (κ2) is 5.59. The molecule has 138 valence electrons. The standard InChI is InChI=1S/C21H32N2O2/c1-12(2)5-16-17(20(16,3)4)18(24)22-23-19(25)21-9-13-6-14(10-21)8-15(7-13)11-21/h5,13-17H,6-11H2,1-4H3,(H,22,24)(H,23,25)/t13?,14?,15?,16-,17-,21?/m1/s1. The van der Waals surface area contributed by atoms with Crippen LogP contribution in [0.2, 0.25) is 0 Å². The fourth-order valence-electron chi connectivity index (χ4n) is 6.57. The van der Waals surface area contributed by atoms with Gasteiger partial charge < -0.3 is 0 Å². The van der Waals surface area contributed by atoms with Crippen molar-refractivity contribution in [3.8, 4) is 0 Å². The number of hydrazine groups is 1. The van der Waals surface area contributed by atoms with Gasteiger partial charge in [-0.15, -0.1) is 0 Å². The zero-order valence-electron chi connectivity index (χ0n) is 16.0. The SMILES string of the molecule is CC(C)=C[C@@H]1[C@H](C(=O)NNC(=O)C23CC4CC(CC(C4)C2)C3)C1(C)C. The maximum absolute atomic E-state index is 12.9. The van der Waals surface area contributed by atoms with Gasteiger partial charge in [0, 0.05) is 0 Å². The van der Waals surface area contributed by atoms with Crippen LogP contribution in [0.15, 0.2) is 11.6 Å². The number of hydrogen-bond donors (Lipinski definition) is 2. The zero-order valence-corrected chi connectivity index (χ0v) is 16.0. The number of nitrogens with one attached hydrogen (secondary N) is 2. The summed E-state index contributed by atoms with van der Waals surface area (Å²) < 4.78 is 0. The van der Waals surface area contributed by atoms with Gasteiger partial charge in [0.1, 0.15) is 0 Å². The van der Waals surface area contributed by atoms with Crippen molar-refractivity contribution in [2.45, 2.75) is 66.2 Å². The zero-order chi connectivity index (χ0) is 18.0. The van der Waals surface area contributed by atoms with Gasteiger partial charge in [0.05, 0.1) is 11.3 Å². The van der Waals surface area contributed by atoms with Crippen LogP contribution in [0.1, 0.15) is 66.2 Å². The first-order chi connectivity index (χ1) is 11.7. The summed E-state index contributed by atoms with van der Waals surface area (Å²) in [6.45, 7) is 8.39. The van der Waals surface area contributed by atoms with Crippen LogP contribution in [-0.2, 0) is 9.59 Å². The molecular weight excluding hydrogens is 312 g/mol. The Morgan fingerprint density at radius 3 is 1.92 bits per heavy atom. The molecule has 0 unspecified atom stereocenters. The lowest BCUT2D eigenvalue weighted by Gasteiger charge is -2.55. The van der Waals surface area contributed by atoms with Crippen LogP contribution < -0.4 is 10.9 Å². The molecule has 0 aromatic carbocycles. The van der Waals surface area contributed by atoms with Crippen LogP contribution in [0.25, 0.3) is 0 Å². The van der Waals surface area contributed by atoms with E-state index in [1.807, 2.05) is 0 Å². The van der Waals surface area contributed by atoms with Gasteiger partial charge in [-0.2, -0.15) is 0 Å². The first-order valence-electron chi connectivity index (χ1n) is 9.96. The van der Waals surface area contributed by atoms with Crippen molar-refractivity contribution in [3.63, 3.8) is 0 Å². The minimum absolute atomic E-state index is 0.0211. The van der Waals surface area contributed by atoms with Gasteiger partial charge in [0.25, 0.3) is 0 Å². The smallest absolute Gasteiger partial charge is 0.244 e.